The fourth-order valence-electron chi connectivity index (χ4n) is 1.44. The summed E-state index contributed by atoms with van der Waals surface area (Å²) in [5, 5.41) is 1.85. The van der Waals surface area contributed by atoms with E-state index < -0.39 is 0 Å². The van der Waals surface area contributed by atoms with Crippen LogP contribution in [0.4, 0.5) is 0 Å². The molecule has 0 amide bonds. The minimum Gasteiger partial charge on any atom is -0.480 e. The second-order valence-corrected chi connectivity index (χ2v) is 4.45. The topological polar surface area (TPSA) is 39.2 Å². The minimum atomic E-state index is -0.0469. The number of pyridine rings is 1. The molecule has 0 aromatic carbocycles. The Morgan fingerprint density at radius 1 is 1.50 bits per heavy atom. The summed E-state index contributed by atoms with van der Waals surface area (Å²) in [4.78, 5) is 17.3. The molecule has 0 saturated carbocycles. The maximum Gasteiger partial charge on any atom is 0.224 e. The SMILES string of the molecule is COc1ncccc1C(=O)c1csc(C)c1. The number of ether oxygens (including phenoxy) is 1. The molecule has 0 aliphatic carbocycles. The zero-order chi connectivity index (χ0) is 11.5. The van der Waals surface area contributed by atoms with Gasteiger partial charge in [0.2, 0.25) is 5.88 Å². The number of nitrogens with zero attached hydrogens (tertiary/aromatic N) is 1. The smallest absolute Gasteiger partial charge is 0.224 e. The summed E-state index contributed by atoms with van der Waals surface area (Å²) in [6.07, 6.45) is 1.61. The van der Waals surface area contributed by atoms with Crippen molar-refractivity contribution in [2.24, 2.45) is 0 Å². The molecule has 0 fully saturated rings. The van der Waals surface area contributed by atoms with E-state index in [4.69, 9.17) is 4.74 Å². The van der Waals surface area contributed by atoms with Gasteiger partial charge in [0.05, 0.1) is 12.7 Å². The molecule has 0 unspecified atom stereocenters. The lowest BCUT2D eigenvalue weighted by atomic mass is 10.1. The number of thiophene rings is 1. The number of carbonyl (C=O) groups excluding carboxylic acids is 1. The van der Waals surface area contributed by atoms with Crippen LogP contribution in [0.3, 0.4) is 0 Å². The van der Waals surface area contributed by atoms with Crippen molar-refractivity contribution in [1.82, 2.24) is 4.98 Å². The molecule has 16 heavy (non-hydrogen) atoms. The Morgan fingerprint density at radius 2 is 2.31 bits per heavy atom. The molecule has 2 aromatic rings. The van der Waals surface area contributed by atoms with Gasteiger partial charge in [0.1, 0.15) is 0 Å². The predicted octanol–water partition coefficient (Wildman–Crippen LogP) is 2.69. The lowest BCUT2D eigenvalue weighted by molar-refractivity contribution is 0.103. The van der Waals surface area contributed by atoms with E-state index in [1.807, 2.05) is 18.4 Å². The number of aryl methyl sites for hydroxylation is 1. The van der Waals surface area contributed by atoms with Crippen molar-refractivity contribution < 1.29 is 9.53 Å². The van der Waals surface area contributed by atoms with Crippen molar-refractivity contribution in [3.8, 4) is 5.88 Å². The summed E-state index contributed by atoms with van der Waals surface area (Å²) in [7, 11) is 1.51. The van der Waals surface area contributed by atoms with Crippen LogP contribution in [0.25, 0.3) is 0 Å². The van der Waals surface area contributed by atoms with Gasteiger partial charge in [-0.2, -0.15) is 0 Å². The summed E-state index contributed by atoms with van der Waals surface area (Å²) in [6, 6.07) is 5.33. The van der Waals surface area contributed by atoms with Gasteiger partial charge in [-0.05, 0) is 25.1 Å². The second kappa shape index (κ2) is 4.45. The van der Waals surface area contributed by atoms with Gasteiger partial charge in [-0.1, -0.05) is 0 Å². The number of aromatic nitrogens is 1. The molecule has 2 heterocycles. The van der Waals surface area contributed by atoms with E-state index in [0.717, 1.165) is 4.88 Å². The number of ketones is 1. The van der Waals surface area contributed by atoms with Gasteiger partial charge < -0.3 is 4.74 Å². The van der Waals surface area contributed by atoms with Crippen molar-refractivity contribution in [3.05, 3.63) is 45.8 Å². The van der Waals surface area contributed by atoms with Crippen LogP contribution in [0, 0.1) is 6.92 Å². The van der Waals surface area contributed by atoms with Crippen molar-refractivity contribution >= 4 is 17.1 Å². The fourth-order valence-corrected chi connectivity index (χ4v) is 2.13. The molecule has 82 valence electrons. The molecule has 0 N–H and O–H groups in total. The first kappa shape index (κ1) is 10.8. The van der Waals surface area contributed by atoms with Crippen LogP contribution in [0.5, 0.6) is 5.88 Å². The maximum absolute atomic E-state index is 12.1. The highest BCUT2D eigenvalue weighted by molar-refractivity contribution is 7.10. The first-order valence-corrected chi connectivity index (χ1v) is 5.69. The second-order valence-electron chi connectivity index (χ2n) is 3.34. The number of methoxy groups -OCH3 is 1. The van der Waals surface area contributed by atoms with Crippen LogP contribution >= 0.6 is 11.3 Å². The Balaban J connectivity index is 2.41. The summed E-state index contributed by atoms with van der Waals surface area (Å²) in [6.45, 7) is 1.97. The first-order valence-electron chi connectivity index (χ1n) is 4.81. The van der Waals surface area contributed by atoms with Crippen molar-refractivity contribution in [1.29, 1.82) is 0 Å². The number of hydrogen-bond acceptors (Lipinski definition) is 4. The Hall–Kier alpha value is -1.68. The predicted molar refractivity (Wildman–Crippen MR) is 63.3 cm³/mol. The third-order valence-corrected chi connectivity index (χ3v) is 3.06. The molecule has 0 aliphatic rings. The van der Waals surface area contributed by atoms with Gasteiger partial charge in [-0.15, -0.1) is 11.3 Å². The Kier molecular flexibility index (Phi) is 3.01. The summed E-state index contributed by atoms with van der Waals surface area (Å²) < 4.78 is 5.07. The molecular formula is C12H11NO2S. The average Bonchev–Trinajstić information content (AvgIpc) is 2.75. The van der Waals surface area contributed by atoms with Gasteiger partial charge in [-0.3, -0.25) is 4.79 Å². The highest BCUT2D eigenvalue weighted by atomic mass is 32.1. The Morgan fingerprint density at radius 3 is 2.94 bits per heavy atom. The molecule has 0 saturated heterocycles. The standard InChI is InChI=1S/C12H11NO2S/c1-8-6-9(7-16-8)11(14)10-4-3-5-13-12(10)15-2/h3-7H,1-2H3. The molecule has 0 radical (unpaired) electrons. The van der Waals surface area contributed by atoms with Gasteiger partial charge >= 0.3 is 0 Å². The number of carbonyl (C=O) groups is 1. The van der Waals surface area contributed by atoms with Crippen LogP contribution in [0.1, 0.15) is 20.8 Å². The zero-order valence-electron chi connectivity index (χ0n) is 9.06. The van der Waals surface area contributed by atoms with Gasteiger partial charge in [0.15, 0.2) is 5.78 Å². The molecule has 2 rings (SSSR count). The van der Waals surface area contributed by atoms with Crippen molar-refractivity contribution in [3.63, 3.8) is 0 Å². The summed E-state index contributed by atoms with van der Waals surface area (Å²) >= 11 is 1.56. The third kappa shape index (κ3) is 1.97. The first-order chi connectivity index (χ1) is 7.72. The van der Waals surface area contributed by atoms with E-state index in [0.29, 0.717) is 17.0 Å². The monoisotopic (exact) mass is 233 g/mol. The number of hydrogen-bond donors (Lipinski definition) is 0. The quantitative estimate of drug-likeness (QED) is 0.765. The molecule has 0 spiro atoms. The molecule has 3 nitrogen and oxygen atoms in total. The average molecular weight is 233 g/mol. The van der Waals surface area contributed by atoms with Gasteiger partial charge in [0.25, 0.3) is 0 Å². The number of rotatable bonds is 3. The lowest BCUT2D eigenvalue weighted by Crippen LogP contribution is -2.03. The van der Waals surface area contributed by atoms with Crippen LogP contribution in [-0.4, -0.2) is 17.9 Å². The lowest BCUT2D eigenvalue weighted by Gasteiger charge is -2.04. The van der Waals surface area contributed by atoms with Crippen LogP contribution < -0.4 is 4.74 Å². The van der Waals surface area contributed by atoms with E-state index in [1.54, 1.807) is 29.7 Å². The van der Waals surface area contributed by atoms with E-state index >= 15 is 0 Å². The van der Waals surface area contributed by atoms with Crippen molar-refractivity contribution in [2.45, 2.75) is 6.92 Å². The third-order valence-electron chi connectivity index (χ3n) is 2.20. The molecule has 0 aliphatic heterocycles. The molecular weight excluding hydrogens is 222 g/mol. The van der Waals surface area contributed by atoms with E-state index in [-0.39, 0.29) is 5.78 Å². The van der Waals surface area contributed by atoms with Crippen LogP contribution in [0.15, 0.2) is 29.8 Å². The van der Waals surface area contributed by atoms with Gasteiger partial charge in [0, 0.05) is 22.0 Å². The zero-order valence-corrected chi connectivity index (χ0v) is 9.88. The molecule has 4 heteroatoms. The van der Waals surface area contributed by atoms with Crippen LogP contribution in [0.2, 0.25) is 0 Å². The Bertz CT molecular complexity index is 519. The van der Waals surface area contributed by atoms with Crippen LogP contribution in [-0.2, 0) is 0 Å². The highest BCUT2D eigenvalue weighted by Crippen LogP contribution is 2.21. The summed E-state index contributed by atoms with van der Waals surface area (Å²) in [5.74, 6) is 0.325. The molecule has 0 atom stereocenters. The van der Waals surface area contributed by atoms with Crippen molar-refractivity contribution in [2.75, 3.05) is 7.11 Å². The minimum absolute atomic E-state index is 0.0469. The largest absolute Gasteiger partial charge is 0.480 e. The highest BCUT2D eigenvalue weighted by Gasteiger charge is 2.15. The van der Waals surface area contributed by atoms with E-state index in [9.17, 15) is 4.79 Å². The maximum atomic E-state index is 12.1. The summed E-state index contributed by atoms with van der Waals surface area (Å²) in [5.41, 5.74) is 1.19. The van der Waals surface area contributed by atoms with E-state index in [1.165, 1.54) is 7.11 Å². The normalized spacial score (nSPS) is 10.1. The van der Waals surface area contributed by atoms with Gasteiger partial charge in [-0.25, -0.2) is 4.98 Å². The van der Waals surface area contributed by atoms with E-state index in [2.05, 4.69) is 4.98 Å². The molecule has 0 bridgehead atoms. The molecule has 2 aromatic heterocycles. The fraction of sp³-hybridized carbons (Fsp3) is 0.167. The Labute approximate surface area is 97.7 Å².